The van der Waals surface area contributed by atoms with Crippen LogP contribution in [0, 0.1) is 0 Å². The molecule has 1 saturated heterocycles. The van der Waals surface area contributed by atoms with Crippen LogP contribution in [0.3, 0.4) is 0 Å². The van der Waals surface area contributed by atoms with Gasteiger partial charge >= 0.3 is 0 Å². The number of rotatable bonds is 8. The Morgan fingerprint density at radius 1 is 1.17 bits per heavy atom. The van der Waals surface area contributed by atoms with E-state index in [4.69, 9.17) is 9.15 Å². The molecule has 1 fully saturated rings. The molecule has 1 N–H and O–H groups in total. The van der Waals surface area contributed by atoms with Gasteiger partial charge in [-0.15, -0.1) is 10.2 Å². The van der Waals surface area contributed by atoms with E-state index in [2.05, 4.69) is 37.1 Å². The Hall–Kier alpha value is -2.78. The molecule has 0 radical (unpaired) electrons. The van der Waals surface area contributed by atoms with Crippen molar-refractivity contribution in [2.75, 3.05) is 31.2 Å². The van der Waals surface area contributed by atoms with Gasteiger partial charge in [-0.2, -0.15) is 0 Å². The van der Waals surface area contributed by atoms with Crippen LogP contribution in [0.5, 0.6) is 0 Å². The number of aromatic nitrogens is 3. The zero-order valence-electron chi connectivity index (χ0n) is 16.9. The van der Waals surface area contributed by atoms with Crippen LogP contribution in [0.25, 0.3) is 0 Å². The van der Waals surface area contributed by atoms with Crippen molar-refractivity contribution >= 4 is 23.6 Å². The van der Waals surface area contributed by atoms with E-state index in [1.165, 1.54) is 11.8 Å². The molecule has 1 amide bonds. The Morgan fingerprint density at radius 2 is 1.97 bits per heavy atom. The first-order valence-corrected chi connectivity index (χ1v) is 10.9. The number of nitrogens with one attached hydrogen (secondary N) is 1. The number of amides is 1. The Bertz CT molecular complexity index is 939. The number of furan rings is 1. The lowest BCUT2D eigenvalue weighted by molar-refractivity contribution is -0.120. The number of carbonyl (C=O) groups excluding carboxylic acids is 1. The molecule has 4 rings (SSSR count). The van der Waals surface area contributed by atoms with Crippen LogP contribution < -0.4 is 10.2 Å². The van der Waals surface area contributed by atoms with Gasteiger partial charge in [0.1, 0.15) is 5.76 Å². The molecule has 8 nitrogen and oxygen atoms in total. The van der Waals surface area contributed by atoms with Gasteiger partial charge in [0.25, 0.3) is 0 Å². The lowest BCUT2D eigenvalue weighted by Crippen LogP contribution is -2.38. The third-order valence-electron chi connectivity index (χ3n) is 4.84. The van der Waals surface area contributed by atoms with E-state index in [1.54, 1.807) is 12.3 Å². The van der Waals surface area contributed by atoms with Gasteiger partial charge in [-0.05, 0) is 24.6 Å². The minimum atomic E-state index is -0.323. The summed E-state index contributed by atoms with van der Waals surface area (Å²) in [7, 11) is 0. The highest BCUT2D eigenvalue weighted by Gasteiger charge is 2.24. The minimum Gasteiger partial charge on any atom is -0.467 e. The highest BCUT2D eigenvalue weighted by atomic mass is 32.2. The van der Waals surface area contributed by atoms with Gasteiger partial charge in [-0.3, -0.25) is 9.36 Å². The molecule has 0 unspecified atom stereocenters. The predicted molar refractivity (Wildman–Crippen MR) is 114 cm³/mol. The number of nitrogens with zero attached hydrogens (tertiary/aromatic N) is 4. The number of hydrogen-bond donors (Lipinski definition) is 1. The summed E-state index contributed by atoms with van der Waals surface area (Å²) in [6.45, 7) is 5.78. The average molecular weight is 428 g/mol. The Balaban J connectivity index is 1.49. The SMILES string of the molecule is C[C@H](Sc1nnc(N2CCOCC2)n1Cc1ccccc1)C(=O)NCc1ccco1. The van der Waals surface area contributed by atoms with Crippen LogP contribution in [0.1, 0.15) is 18.2 Å². The third-order valence-corrected chi connectivity index (χ3v) is 5.92. The zero-order chi connectivity index (χ0) is 20.8. The molecule has 30 heavy (non-hydrogen) atoms. The molecule has 3 aromatic rings. The molecule has 2 aromatic heterocycles. The maximum absolute atomic E-state index is 12.6. The van der Waals surface area contributed by atoms with E-state index in [9.17, 15) is 4.79 Å². The molecule has 0 aliphatic carbocycles. The molecule has 0 bridgehead atoms. The molecule has 1 aliphatic rings. The van der Waals surface area contributed by atoms with Crippen molar-refractivity contribution in [2.45, 2.75) is 30.4 Å². The number of morpholine rings is 1. The molecule has 1 atom stereocenters. The Morgan fingerprint density at radius 3 is 2.70 bits per heavy atom. The first kappa shape index (κ1) is 20.5. The zero-order valence-corrected chi connectivity index (χ0v) is 17.7. The summed E-state index contributed by atoms with van der Waals surface area (Å²) in [4.78, 5) is 14.7. The van der Waals surface area contributed by atoms with Crippen LogP contribution in [-0.2, 0) is 22.6 Å². The average Bonchev–Trinajstić information content (AvgIpc) is 3.44. The number of carbonyl (C=O) groups is 1. The normalized spacial score (nSPS) is 15.2. The fourth-order valence-corrected chi connectivity index (χ4v) is 4.08. The Kier molecular flexibility index (Phi) is 6.70. The quantitative estimate of drug-likeness (QED) is 0.553. The van der Waals surface area contributed by atoms with Gasteiger partial charge in [-0.25, -0.2) is 0 Å². The van der Waals surface area contributed by atoms with Crippen molar-refractivity contribution in [3.63, 3.8) is 0 Å². The number of ether oxygens (including phenoxy) is 1. The van der Waals surface area contributed by atoms with Crippen molar-refractivity contribution in [1.82, 2.24) is 20.1 Å². The summed E-state index contributed by atoms with van der Waals surface area (Å²) in [5, 5.41) is 12.2. The molecule has 1 aromatic carbocycles. The largest absolute Gasteiger partial charge is 0.467 e. The predicted octanol–water partition coefficient (Wildman–Crippen LogP) is 2.55. The summed E-state index contributed by atoms with van der Waals surface area (Å²) < 4.78 is 12.8. The number of benzene rings is 1. The number of anilines is 1. The fourth-order valence-electron chi connectivity index (χ4n) is 3.21. The first-order chi connectivity index (χ1) is 14.7. The second kappa shape index (κ2) is 9.82. The van der Waals surface area contributed by atoms with Gasteiger partial charge in [0.15, 0.2) is 5.16 Å². The number of thioether (sulfide) groups is 1. The Labute approximate surface area is 179 Å². The van der Waals surface area contributed by atoms with E-state index in [0.29, 0.717) is 26.3 Å². The van der Waals surface area contributed by atoms with E-state index in [-0.39, 0.29) is 11.2 Å². The van der Waals surface area contributed by atoms with E-state index >= 15 is 0 Å². The summed E-state index contributed by atoms with van der Waals surface area (Å²) in [6, 6.07) is 13.8. The topological polar surface area (TPSA) is 85.4 Å². The third kappa shape index (κ3) is 5.03. The van der Waals surface area contributed by atoms with Gasteiger partial charge in [0.2, 0.25) is 11.9 Å². The maximum atomic E-state index is 12.6. The first-order valence-electron chi connectivity index (χ1n) is 9.97. The van der Waals surface area contributed by atoms with E-state index in [0.717, 1.165) is 35.5 Å². The molecular weight excluding hydrogens is 402 g/mol. The van der Waals surface area contributed by atoms with Crippen LogP contribution in [0.15, 0.2) is 58.3 Å². The minimum absolute atomic E-state index is 0.0708. The van der Waals surface area contributed by atoms with Crippen LogP contribution in [0.2, 0.25) is 0 Å². The number of hydrogen-bond acceptors (Lipinski definition) is 7. The van der Waals surface area contributed by atoms with Crippen LogP contribution in [0.4, 0.5) is 5.95 Å². The van der Waals surface area contributed by atoms with Gasteiger partial charge in [0.05, 0.1) is 37.8 Å². The van der Waals surface area contributed by atoms with Gasteiger partial charge < -0.3 is 19.4 Å². The lowest BCUT2D eigenvalue weighted by Gasteiger charge is -2.28. The van der Waals surface area contributed by atoms with Crippen molar-refractivity contribution in [1.29, 1.82) is 0 Å². The van der Waals surface area contributed by atoms with Crippen LogP contribution in [-0.4, -0.2) is 52.2 Å². The molecule has 3 heterocycles. The fraction of sp³-hybridized carbons (Fsp3) is 0.381. The van der Waals surface area contributed by atoms with E-state index < -0.39 is 0 Å². The lowest BCUT2D eigenvalue weighted by atomic mass is 10.2. The van der Waals surface area contributed by atoms with Gasteiger partial charge in [-0.1, -0.05) is 42.1 Å². The smallest absolute Gasteiger partial charge is 0.233 e. The van der Waals surface area contributed by atoms with Crippen molar-refractivity contribution < 1.29 is 13.9 Å². The highest BCUT2D eigenvalue weighted by Crippen LogP contribution is 2.27. The second-order valence-corrected chi connectivity index (χ2v) is 8.32. The van der Waals surface area contributed by atoms with Gasteiger partial charge in [0, 0.05) is 13.1 Å². The summed E-state index contributed by atoms with van der Waals surface area (Å²) in [5.74, 6) is 1.47. The summed E-state index contributed by atoms with van der Waals surface area (Å²) in [6.07, 6.45) is 1.60. The van der Waals surface area contributed by atoms with Crippen molar-refractivity contribution in [3.05, 3.63) is 60.1 Å². The second-order valence-electron chi connectivity index (χ2n) is 7.01. The molecular formula is C21H25N5O3S. The molecule has 158 valence electrons. The molecule has 9 heteroatoms. The standard InChI is InChI=1S/C21H25N5O3S/c1-16(19(27)22-14-18-8-5-11-29-18)30-21-24-23-20(25-9-12-28-13-10-25)26(21)15-17-6-3-2-4-7-17/h2-8,11,16H,9-10,12-15H2,1H3,(H,22,27)/t16-/m0/s1. The molecule has 0 saturated carbocycles. The molecule has 1 aliphatic heterocycles. The highest BCUT2D eigenvalue weighted by molar-refractivity contribution is 8.00. The van der Waals surface area contributed by atoms with Crippen LogP contribution >= 0.6 is 11.8 Å². The summed E-state index contributed by atoms with van der Waals surface area (Å²) >= 11 is 1.41. The van der Waals surface area contributed by atoms with E-state index in [1.807, 2.05) is 31.2 Å². The monoisotopic (exact) mass is 427 g/mol. The molecule has 0 spiro atoms. The van der Waals surface area contributed by atoms with Crippen molar-refractivity contribution in [2.24, 2.45) is 0 Å². The summed E-state index contributed by atoms with van der Waals surface area (Å²) in [5.41, 5.74) is 1.16. The van der Waals surface area contributed by atoms with Crippen molar-refractivity contribution in [3.8, 4) is 0 Å². The maximum Gasteiger partial charge on any atom is 0.233 e.